The highest BCUT2D eigenvalue weighted by molar-refractivity contribution is 5.81. The fourth-order valence-electron chi connectivity index (χ4n) is 1.75. The molecule has 20 heavy (non-hydrogen) atoms. The number of hydrogen-bond acceptors (Lipinski definition) is 7. The van der Waals surface area contributed by atoms with E-state index in [1.54, 1.807) is 4.57 Å². The first-order valence-corrected chi connectivity index (χ1v) is 5.80. The number of nitrogens with zero attached hydrogens (tertiary/aromatic N) is 4. The number of imidazole rings is 1. The van der Waals surface area contributed by atoms with E-state index in [2.05, 4.69) is 15.0 Å². The van der Waals surface area contributed by atoms with Gasteiger partial charge in [-0.25, -0.2) is 19.7 Å². The number of ether oxygens (including phenoxy) is 1. The van der Waals surface area contributed by atoms with Gasteiger partial charge in [-0.2, -0.15) is 0 Å². The molecule has 2 heterocycles. The van der Waals surface area contributed by atoms with Crippen LogP contribution in [0.1, 0.15) is 13.3 Å². The van der Waals surface area contributed by atoms with Crippen LogP contribution in [0.2, 0.25) is 0 Å². The lowest BCUT2D eigenvalue weighted by Gasteiger charge is -2.12. The number of nitrogen functional groups attached to an aromatic ring is 1. The van der Waals surface area contributed by atoms with Crippen molar-refractivity contribution in [2.75, 3.05) is 5.73 Å². The molecule has 0 aromatic carbocycles. The summed E-state index contributed by atoms with van der Waals surface area (Å²) in [5.74, 6) is -1.58. The Bertz CT molecular complexity index is 653. The molecule has 106 valence electrons. The fraction of sp³-hybridized carbons (Fsp3) is 0.364. The molecule has 2 aromatic heterocycles. The topological polar surface area (TPSA) is 133 Å². The summed E-state index contributed by atoms with van der Waals surface area (Å²) in [6.45, 7) is 1.44. The number of rotatable bonds is 5. The third-order valence-electron chi connectivity index (χ3n) is 2.65. The molecular formula is C11H13N5O4. The van der Waals surface area contributed by atoms with Crippen LogP contribution in [0.25, 0.3) is 11.2 Å². The summed E-state index contributed by atoms with van der Waals surface area (Å²) in [6, 6.07) is 0. The number of hydrogen-bond donors (Lipinski definition) is 2. The molecule has 2 rings (SSSR count). The number of carboxylic acid groups (broad SMARTS) is 1. The molecule has 0 saturated carbocycles. The Kier molecular flexibility index (Phi) is 3.78. The van der Waals surface area contributed by atoms with Crippen LogP contribution < -0.4 is 5.73 Å². The van der Waals surface area contributed by atoms with E-state index in [0.717, 1.165) is 6.92 Å². The number of carboxylic acids is 1. The van der Waals surface area contributed by atoms with Gasteiger partial charge >= 0.3 is 11.9 Å². The lowest BCUT2D eigenvalue weighted by Crippen LogP contribution is -2.27. The number of aryl methyl sites for hydroxylation is 1. The zero-order chi connectivity index (χ0) is 14.7. The van der Waals surface area contributed by atoms with E-state index in [4.69, 9.17) is 15.6 Å². The summed E-state index contributed by atoms with van der Waals surface area (Å²) in [7, 11) is 0. The fourth-order valence-corrected chi connectivity index (χ4v) is 1.75. The van der Waals surface area contributed by atoms with E-state index in [1.807, 2.05) is 0 Å². The largest absolute Gasteiger partial charge is 0.479 e. The van der Waals surface area contributed by atoms with Crippen molar-refractivity contribution >= 4 is 28.9 Å². The van der Waals surface area contributed by atoms with Crippen LogP contribution in [-0.2, 0) is 20.9 Å². The lowest BCUT2D eigenvalue weighted by atomic mass is 10.2. The summed E-state index contributed by atoms with van der Waals surface area (Å²) in [5.41, 5.74) is 6.60. The van der Waals surface area contributed by atoms with Gasteiger partial charge in [0.25, 0.3) is 0 Å². The zero-order valence-electron chi connectivity index (χ0n) is 10.7. The Morgan fingerprint density at radius 1 is 1.45 bits per heavy atom. The van der Waals surface area contributed by atoms with Crippen LogP contribution in [0.3, 0.4) is 0 Å². The second-order valence-corrected chi connectivity index (χ2v) is 4.09. The average Bonchev–Trinajstić information content (AvgIpc) is 2.78. The monoisotopic (exact) mass is 279 g/mol. The second-order valence-electron chi connectivity index (χ2n) is 4.09. The minimum absolute atomic E-state index is 0.101. The summed E-state index contributed by atoms with van der Waals surface area (Å²) in [4.78, 5) is 33.7. The number of nitrogens with two attached hydrogens (primary N) is 1. The number of aliphatic carboxylic acids is 1. The van der Waals surface area contributed by atoms with Gasteiger partial charge in [0.1, 0.15) is 11.8 Å². The summed E-state index contributed by atoms with van der Waals surface area (Å²) in [5, 5.41) is 8.96. The first kappa shape index (κ1) is 13.7. The van der Waals surface area contributed by atoms with Crippen LogP contribution in [-0.4, -0.2) is 42.7 Å². The van der Waals surface area contributed by atoms with Crippen molar-refractivity contribution in [3.05, 3.63) is 12.7 Å². The standard InChI is InChI=1S/C11H13N5O4/c1-6(17)20-7(11(18)19)2-3-16-5-15-8-9(12)13-4-14-10(8)16/h4-5,7H,2-3H2,1H3,(H,18,19)(H2,12,13,14). The van der Waals surface area contributed by atoms with Crippen LogP contribution in [0.4, 0.5) is 5.82 Å². The highest BCUT2D eigenvalue weighted by Gasteiger charge is 2.21. The molecule has 0 spiro atoms. The van der Waals surface area contributed by atoms with Crippen molar-refractivity contribution in [2.45, 2.75) is 26.0 Å². The molecule has 1 unspecified atom stereocenters. The molecule has 9 nitrogen and oxygen atoms in total. The van der Waals surface area contributed by atoms with Gasteiger partial charge in [-0.1, -0.05) is 0 Å². The van der Waals surface area contributed by atoms with Crippen molar-refractivity contribution in [3.63, 3.8) is 0 Å². The van der Waals surface area contributed by atoms with Crippen LogP contribution >= 0.6 is 0 Å². The second kappa shape index (κ2) is 5.51. The summed E-state index contributed by atoms with van der Waals surface area (Å²) >= 11 is 0. The van der Waals surface area contributed by atoms with Gasteiger partial charge in [-0.15, -0.1) is 0 Å². The van der Waals surface area contributed by atoms with E-state index >= 15 is 0 Å². The van der Waals surface area contributed by atoms with Gasteiger partial charge in [0, 0.05) is 19.9 Å². The SMILES string of the molecule is CC(=O)OC(CCn1cnc2c(N)ncnc21)C(=O)O. The molecule has 0 aliphatic carbocycles. The van der Waals surface area contributed by atoms with Crippen molar-refractivity contribution in [3.8, 4) is 0 Å². The van der Waals surface area contributed by atoms with Crippen LogP contribution in [0.5, 0.6) is 0 Å². The molecule has 0 amide bonds. The number of anilines is 1. The van der Waals surface area contributed by atoms with Crippen molar-refractivity contribution < 1.29 is 19.4 Å². The van der Waals surface area contributed by atoms with Gasteiger partial charge < -0.3 is 20.1 Å². The molecule has 0 fully saturated rings. The number of aromatic nitrogens is 4. The Hall–Kier alpha value is -2.71. The van der Waals surface area contributed by atoms with E-state index in [9.17, 15) is 9.59 Å². The molecule has 0 saturated heterocycles. The van der Waals surface area contributed by atoms with Gasteiger partial charge in [0.2, 0.25) is 0 Å². The molecule has 0 aliphatic rings. The maximum Gasteiger partial charge on any atom is 0.345 e. The maximum atomic E-state index is 11.0. The predicted octanol–water partition coefficient (Wildman–Crippen LogP) is -0.185. The number of carbonyl (C=O) groups excluding carboxylic acids is 1. The van der Waals surface area contributed by atoms with Crippen molar-refractivity contribution in [2.24, 2.45) is 0 Å². The van der Waals surface area contributed by atoms with Crippen molar-refractivity contribution in [1.29, 1.82) is 0 Å². The normalized spacial score (nSPS) is 12.2. The quantitative estimate of drug-likeness (QED) is 0.719. The maximum absolute atomic E-state index is 11.0. The average molecular weight is 279 g/mol. The number of carbonyl (C=O) groups is 2. The molecule has 0 aliphatic heterocycles. The molecule has 0 radical (unpaired) electrons. The van der Waals surface area contributed by atoms with Gasteiger partial charge in [-0.05, 0) is 0 Å². The third kappa shape index (κ3) is 2.82. The van der Waals surface area contributed by atoms with Crippen LogP contribution in [0.15, 0.2) is 12.7 Å². The van der Waals surface area contributed by atoms with Gasteiger partial charge in [-0.3, -0.25) is 4.79 Å². The predicted molar refractivity (Wildman–Crippen MR) is 67.5 cm³/mol. The Morgan fingerprint density at radius 3 is 2.85 bits per heavy atom. The van der Waals surface area contributed by atoms with Gasteiger partial charge in [0.15, 0.2) is 17.6 Å². The number of esters is 1. The smallest absolute Gasteiger partial charge is 0.345 e. The molecule has 1 atom stereocenters. The van der Waals surface area contributed by atoms with Gasteiger partial charge in [0.05, 0.1) is 6.33 Å². The Morgan fingerprint density at radius 2 is 2.20 bits per heavy atom. The first-order chi connectivity index (χ1) is 9.49. The highest BCUT2D eigenvalue weighted by Crippen LogP contribution is 2.15. The minimum atomic E-state index is -1.20. The molecule has 2 aromatic rings. The van der Waals surface area contributed by atoms with E-state index in [-0.39, 0.29) is 18.8 Å². The highest BCUT2D eigenvalue weighted by atomic mass is 16.6. The molecule has 0 bridgehead atoms. The van der Waals surface area contributed by atoms with Crippen LogP contribution in [0, 0.1) is 0 Å². The summed E-state index contributed by atoms with van der Waals surface area (Å²) < 4.78 is 6.35. The Labute approximate surface area is 113 Å². The third-order valence-corrected chi connectivity index (χ3v) is 2.65. The lowest BCUT2D eigenvalue weighted by molar-refractivity contribution is -0.163. The van der Waals surface area contributed by atoms with E-state index in [1.165, 1.54) is 12.7 Å². The Balaban J connectivity index is 2.14. The zero-order valence-corrected chi connectivity index (χ0v) is 10.7. The summed E-state index contributed by atoms with van der Waals surface area (Å²) in [6.07, 6.45) is 1.69. The molecule has 3 N–H and O–H groups in total. The molecular weight excluding hydrogens is 266 g/mol. The van der Waals surface area contributed by atoms with E-state index in [0.29, 0.717) is 11.2 Å². The molecule has 9 heteroatoms. The number of fused-ring (bicyclic) bond motifs is 1. The minimum Gasteiger partial charge on any atom is -0.479 e. The van der Waals surface area contributed by atoms with Crippen molar-refractivity contribution in [1.82, 2.24) is 19.5 Å². The van der Waals surface area contributed by atoms with E-state index < -0.39 is 18.0 Å². The first-order valence-electron chi connectivity index (χ1n) is 5.80.